The molecule has 82 valence electrons. The molecular formula is C11H15FN2O. The van der Waals surface area contributed by atoms with E-state index < -0.39 is 0 Å². The molecule has 0 spiro atoms. The highest BCUT2D eigenvalue weighted by Gasteiger charge is 2.21. The Kier molecular flexibility index (Phi) is 2.77. The summed E-state index contributed by atoms with van der Waals surface area (Å²) in [5.74, 6) is -0.355. The maximum absolute atomic E-state index is 13.3. The number of rotatable bonds is 1. The summed E-state index contributed by atoms with van der Waals surface area (Å²) in [6.45, 7) is 4.13. The van der Waals surface area contributed by atoms with Crippen molar-refractivity contribution in [2.75, 3.05) is 30.4 Å². The zero-order valence-electron chi connectivity index (χ0n) is 8.74. The zero-order valence-corrected chi connectivity index (χ0v) is 8.74. The first kappa shape index (κ1) is 10.2. The van der Waals surface area contributed by atoms with E-state index in [-0.39, 0.29) is 17.5 Å². The maximum Gasteiger partial charge on any atom is 0.148 e. The Labute approximate surface area is 88.6 Å². The monoisotopic (exact) mass is 210 g/mol. The van der Waals surface area contributed by atoms with Crippen LogP contribution in [0, 0.1) is 5.82 Å². The normalized spacial score (nSPS) is 21.7. The molecule has 0 aromatic heterocycles. The number of ether oxygens (including phenoxy) is 1. The molecule has 1 aliphatic heterocycles. The molecule has 4 heteroatoms. The third-order valence-corrected chi connectivity index (χ3v) is 2.71. The fourth-order valence-corrected chi connectivity index (χ4v) is 1.86. The van der Waals surface area contributed by atoms with Gasteiger partial charge in [0, 0.05) is 12.6 Å². The van der Waals surface area contributed by atoms with Gasteiger partial charge in [0.1, 0.15) is 5.82 Å². The molecule has 2 rings (SSSR count). The topological polar surface area (TPSA) is 38.5 Å². The second kappa shape index (κ2) is 4.06. The Hall–Kier alpha value is -1.29. The number of nitrogens with two attached hydrogens (primary N) is 1. The Morgan fingerprint density at radius 3 is 3.07 bits per heavy atom. The van der Waals surface area contributed by atoms with Gasteiger partial charge in [-0.25, -0.2) is 4.39 Å². The Balaban J connectivity index is 2.31. The van der Waals surface area contributed by atoms with Crippen LogP contribution < -0.4 is 10.6 Å². The summed E-state index contributed by atoms with van der Waals surface area (Å²) in [5, 5.41) is 0. The molecule has 3 nitrogen and oxygen atoms in total. The molecule has 0 radical (unpaired) electrons. The van der Waals surface area contributed by atoms with Crippen molar-refractivity contribution in [3.63, 3.8) is 0 Å². The number of nitrogen functional groups attached to an aromatic ring is 1. The molecule has 1 heterocycles. The Bertz CT molecular complexity index is 356. The van der Waals surface area contributed by atoms with Gasteiger partial charge in [0.2, 0.25) is 0 Å². The fourth-order valence-electron chi connectivity index (χ4n) is 1.86. The number of morpholine rings is 1. The smallest absolute Gasteiger partial charge is 0.148 e. The molecule has 1 atom stereocenters. The van der Waals surface area contributed by atoms with E-state index in [0.29, 0.717) is 13.2 Å². The van der Waals surface area contributed by atoms with Crippen LogP contribution in [-0.4, -0.2) is 25.8 Å². The first-order chi connectivity index (χ1) is 7.20. The van der Waals surface area contributed by atoms with E-state index in [0.717, 1.165) is 12.2 Å². The van der Waals surface area contributed by atoms with E-state index in [1.165, 1.54) is 6.07 Å². The predicted molar refractivity (Wildman–Crippen MR) is 58.4 cm³/mol. The van der Waals surface area contributed by atoms with Crippen LogP contribution in [0.1, 0.15) is 6.92 Å². The van der Waals surface area contributed by atoms with Crippen LogP contribution in [0.2, 0.25) is 0 Å². The van der Waals surface area contributed by atoms with Crippen LogP contribution in [0.15, 0.2) is 18.2 Å². The minimum atomic E-state index is -0.355. The average Bonchev–Trinajstić information content (AvgIpc) is 2.23. The lowest BCUT2D eigenvalue weighted by Crippen LogP contribution is -2.44. The molecule has 0 aliphatic carbocycles. The van der Waals surface area contributed by atoms with Gasteiger partial charge in [-0.05, 0) is 19.1 Å². The number of nitrogens with zero attached hydrogens (tertiary/aromatic N) is 1. The number of para-hydroxylation sites is 1. The summed E-state index contributed by atoms with van der Waals surface area (Å²) < 4.78 is 18.6. The van der Waals surface area contributed by atoms with Gasteiger partial charge in [0.15, 0.2) is 0 Å². The molecule has 1 aromatic carbocycles. The summed E-state index contributed by atoms with van der Waals surface area (Å²) in [6, 6.07) is 5.15. The highest BCUT2D eigenvalue weighted by atomic mass is 19.1. The van der Waals surface area contributed by atoms with Crippen molar-refractivity contribution in [3.8, 4) is 0 Å². The molecular weight excluding hydrogens is 195 g/mol. The van der Waals surface area contributed by atoms with E-state index in [1.54, 1.807) is 6.07 Å². The fraction of sp³-hybridized carbons (Fsp3) is 0.455. The molecule has 15 heavy (non-hydrogen) atoms. The molecule has 1 aromatic rings. The van der Waals surface area contributed by atoms with Gasteiger partial charge in [0.25, 0.3) is 0 Å². The third kappa shape index (κ3) is 1.90. The second-order valence-corrected chi connectivity index (χ2v) is 3.79. The summed E-state index contributed by atoms with van der Waals surface area (Å²) in [4.78, 5) is 2.09. The summed E-state index contributed by atoms with van der Waals surface area (Å²) in [7, 11) is 0. The van der Waals surface area contributed by atoms with E-state index in [2.05, 4.69) is 4.90 Å². The molecule has 1 aliphatic rings. The van der Waals surface area contributed by atoms with Crippen molar-refractivity contribution in [3.05, 3.63) is 24.0 Å². The minimum Gasteiger partial charge on any atom is -0.395 e. The largest absolute Gasteiger partial charge is 0.395 e. The van der Waals surface area contributed by atoms with Crippen molar-refractivity contribution in [2.24, 2.45) is 0 Å². The number of halogens is 1. The molecule has 0 amide bonds. The van der Waals surface area contributed by atoms with Gasteiger partial charge in [0.05, 0.1) is 24.6 Å². The molecule has 1 fully saturated rings. The van der Waals surface area contributed by atoms with Gasteiger partial charge in [-0.15, -0.1) is 0 Å². The van der Waals surface area contributed by atoms with Crippen LogP contribution in [-0.2, 0) is 4.74 Å². The molecule has 1 unspecified atom stereocenters. The van der Waals surface area contributed by atoms with E-state index in [9.17, 15) is 4.39 Å². The number of anilines is 2. The van der Waals surface area contributed by atoms with Crippen LogP contribution in [0.25, 0.3) is 0 Å². The van der Waals surface area contributed by atoms with Gasteiger partial charge >= 0.3 is 0 Å². The van der Waals surface area contributed by atoms with Crippen LogP contribution >= 0.6 is 0 Å². The lowest BCUT2D eigenvalue weighted by Gasteiger charge is -2.35. The van der Waals surface area contributed by atoms with Crippen molar-refractivity contribution >= 4 is 11.4 Å². The highest BCUT2D eigenvalue weighted by molar-refractivity contribution is 5.68. The molecule has 0 saturated carbocycles. The van der Waals surface area contributed by atoms with Crippen molar-refractivity contribution in [1.82, 2.24) is 0 Å². The average molecular weight is 210 g/mol. The van der Waals surface area contributed by atoms with Gasteiger partial charge < -0.3 is 15.4 Å². The maximum atomic E-state index is 13.3. The number of hydrogen-bond donors (Lipinski definition) is 1. The molecule has 2 N–H and O–H groups in total. The van der Waals surface area contributed by atoms with Crippen molar-refractivity contribution in [2.45, 2.75) is 13.0 Å². The minimum absolute atomic E-state index is 0.228. The lowest BCUT2D eigenvalue weighted by atomic mass is 10.2. The number of benzene rings is 1. The zero-order chi connectivity index (χ0) is 10.8. The van der Waals surface area contributed by atoms with Crippen LogP contribution in [0.4, 0.5) is 15.8 Å². The molecule has 0 bridgehead atoms. The number of hydrogen-bond acceptors (Lipinski definition) is 3. The van der Waals surface area contributed by atoms with Crippen molar-refractivity contribution in [1.29, 1.82) is 0 Å². The summed E-state index contributed by atoms with van der Waals surface area (Å²) in [6.07, 6.45) is 0. The predicted octanol–water partition coefficient (Wildman–Crippen LogP) is 1.63. The van der Waals surface area contributed by atoms with Crippen LogP contribution in [0.3, 0.4) is 0 Å². The van der Waals surface area contributed by atoms with E-state index >= 15 is 0 Å². The highest BCUT2D eigenvalue weighted by Crippen LogP contribution is 2.28. The summed E-state index contributed by atoms with van der Waals surface area (Å²) in [5.41, 5.74) is 6.72. The quantitative estimate of drug-likeness (QED) is 0.716. The van der Waals surface area contributed by atoms with Gasteiger partial charge in [-0.2, -0.15) is 0 Å². The Morgan fingerprint density at radius 1 is 1.53 bits per heavy atom. The summed E-state index contributed by atoms with van der Waals surface area (Å²) >= 11 is 0. The third-order valence-electron chi connectivity index (χ3n) is 2.71. The van der Waals surface area contributed by atoms with E-state index in [1.807, 2.05) is 13.0 Å². The lowest BCUT2D eigenvalue weighted by molar-refractivity contribution is 0.0990. The van der Waals surface area contributed by atoms with E-state index in [4.69, 9.17) is 10.5 Å². The van der Waals surface area contributed by atoms with Crippen LogP contribution in [0.5, 0.6) is 0 Å². The van der Waals surface area contributed by atoms with Gasteiger partial charge in [-0.1, -0.05) is 6.07 Å². The molecule has 1 saturated heterocycles. The Morgan fingerprint density at radius 2 is 2.33 bits per heavy atom. The second-order valence-electron chi connectivity index (χ2n) is 3.79. The SMILES string of the molecule is CC1COCCN1c1cccc(F)c1N. The van der Waals surface area contributed by atoms with Gasteiger partial charge in [-0.3, -0.25) is 0 Å². The standard InChI is InChI=1S/C11H15FN2O/c1-8-7-15-6-5-14(8)10-4-2-3-9(12)11(10)13/h2-4,8H,5-7,13H2,1H3. The van der Waals surface area contributed by atoms with Crippen molar-refractivity contribution < 1.29 is 9.13 Å². The first-order valence-electron chi connectivity index (χ1n) is 5.08. The first-order valence-corrected chi connectivity index (χ1v) is 5.08.